The molecule has 12 aromatic carbocycles. The summed E-state index contributed by atoms with van der Waals surface area (Å²) < 4.78 is 0. The van der Waals surface area contributed by atoms with Crippen LogP contribution in [0, 0.1) is 0 Å². The first-order valence-electron chi connectivity index (χ1n) is 28.2. The molecule has 0 aliphatic heterocycles. The molecular formula is C78H59N. The lowest BCUT2D eigenvalue weighted by Crippen LogP contribution is -2.26. The highest BCUT2D eigenvalue weighted by Crippen LogP contribution is 2.64. The number of anilines is 3. The molecule has 1 heteroatoms. The van der Waals surface area contributed by atoms with Crippen molar-refractivity contribution in [2.45, 2.75) is 50.9 Å². The van der Waals surface area contributed by atoms with Crippen LogP contribution in [-0.2, 0) is 10.8 Å². The maximum absolute atomic E-state index is 2.53. The molecule has 0 N–H and O–H groups in total. The van der Waals surface area contributed by atoms with Crippen molar-refractivity contribution in [2.24, 2.45) is 0 Å². The van der Waals surface area contributed by atoms with Crippen molar-refractivity contribution in [3.05, 3.63) is 306 Å². The fourth-order valence-corrected chi connectivity index (χ4v) is 14.0. The molecule has 0 bridgehead atoms. The van der Waals surface area contributed by atoms with Crippen molar-refractivity contribution in [3.63, 3.8) is 0 Å². The van der Waals surface area contributed by atoms with Gasteiger partial charge in [0.15, 0.2) is 0 Å². The van der Waals surface area contributed by atoms with E-state index in [1.54, 1.807) is 0 Å². The maximum atomic E-state index is 2.53. The van der Waals surface area contributed by atoms with E-state index in [1.165, 1.54) is 128 Å². The van der Waals surface area contributed by atoms with Gasteiger partial charge < -0.3 is 4.90 Å². The van der Waals surface area contributed by atoms with E-state index in [0.717, 1.165) is 23.5 Å². The van der Waals surface area contributed by atoms with E-state index < -0.39 is 5.41 Å². The third kappa shape index (κ3) is 7.15. The fourth-order valence-electron chi connectivity index (χ4n) is 14.0. The lowest BCUT2D eigenvalue weighted by molar-refractivity contribution is 0.660. The average Bonchev–Trinajstić information content (AvgIpc) is 2.16. The summed E-state index contributed by atoms with van der Waals surface area (Å²) in [6.07, 6.45) is 1.13. The van der Waals surface area contributed by atoms with Crippen LogP contribution in [0.3, 0.4) is 0 Å². The van der Waals surface area contributed by atoms with E-state index in [1.807, 2.05) is 0 Å². The van der Waals surface area contributed by atoms with Crippen LogP contribution in [0.2, 0.25) is 0 Å². The van der Waals surface area contributed by atoms with Gasteiger partial charge in [-0.05, 0) is 188 Å². The summed E-state index contributed by atoms with van der Waals surface area (Å²) in [5, 5.41) is 2.48. The summed E-state index contributed by atoms with van der Waals surface area (Å²) in [7, 11) is 0. The van der Waals surface area contributed by atoms with Gasteiger partial charge in [0.05, 0.1) is 5.41 Å². The van der Waals surface area contributed by atoms with Gasteiger partial charge in [0.1, 0.15) is 0 Å². The topological polar surface area (TPSA) is 3.24 Å². The van der Waals surface area contributed by atoms with Gasteiger partial charge in [-0.3, -0.25) is 0 Å². The molecule has 2 atom stereocenters. The Balaban J connectivity index is 0.830. The highest BCUT2D eigenvalue weighted by atomic mass is 15.1. The van der Waals surface area contributed by atoms with Gasteiger partial charge in [-0.1, -0.05) is 246 Å². The van der Waals surface area contributed by atoms with Gasteiger partial charge >= 0.3 is 0 Å². The van der Waals surface area contributed by atoms with Crippen LogP contribution in [0.5, 0.6) is 0 Å². The summed E-state index contributed by atoms with van der Waals surface area (Å²) >= 11 is 0. The predicted molar refractivity (Wildman–Crippen MR) is 333 cm³/mol. The molecule has 0 aromatic heterocycles. The average molecular weight is 1010 g/mol. The van der Waals surface area contributed by atoms with Gasteiger partial charge in [0, 0.05) is 22.5 Å². The van der Waals surface area contributed by atoms with Crippen molar-refractivity contribution in [1.29, 1.82) is 0 Å². The first-order chi connectivity index (χ1) is 38.8. The van der Waals surface area contributed by atoms with Gasteiger partial charge in [-0.2, -0.15) is 0 Å². The van der Waals surface area contributed by atoms with E-state index >= 15 is 0 Å². The third-order valence-electron chi connectivity index (χ3n) is 18.2. The molecule has 12 aromatic rings. The zero-order chi connectivity index (χ0) is 53.0. The molecule has 3 aliphatic carbocycles. The Hall–Kier alpha value is -9.30. The van der Waals surface area contributed by atoms with Crippen LogP contribution in [-0.4, -0.2) is 0 Å². The monoisotopic (exact) mass is 1010 g/mol. The molecule has 3 aliphatic rings. The second-order valence-corrected chi connectivity index (χ2v) is 22.7. The van der Waals surface area contributed by atoms with Crippen molar-refractivity contribution in [2.75, 3.05) is 4.90 Å². The Bertz CT molecular complexity index is 4360. The minimum Gasteiger partial charge on any atom is -0.310 e. The maximum Gasteiger partial charge on any atom is 0.0725 e. The van der Waals surface area contributed by atoms with E-state index in [-0.39, 0.29) is 5.41 Å². The van der Waals surface area contributed by atoms with Crippen LogP contribution in [0.1, 0.15) is 79.0 Å². The fraction of sp³-hybridized carbons (Fsp3) is 0.103. The molecule has 2 unspecified atom stereocenters. The largest absolute Gasteiger partial charge is 0.310 e. The van der Waals surface area contributed by atoms with Crippen LogP contribution in [0.15, 0.2) is 267 Å². The molecular weight excluding hydrogens is 951 g/mol. The lowest BCUT2D eigenvalue weighted by Gasteiger charge is -2.31. The molecule has 0 saturated carbocycles. The smallest absolute Gasteiger partial charge is 0.0725 e. The Labute approximate surface area is 464 Å². The van der Waals surface area contributed by atoms with Gasteiger partial charge in [0.25, 0.3) is 0 Å². The predicted octanol–water partition coefficient (Wildman–Crippen LogP) is 21.1. The molecule has 0 saturated heterocycles. The summed E-state index contributed by atoms with van der Waals surface area (Å²) in [5.74, 6) is 0.536. The molecule has 1 spiro atoms. The molecule has 79 heavy (non-hydrogen) atoms. The van der Waals surface area contributed by atoms with Gasteiger partial charge in [-0.15, -0.1) is 0 Å². The van der Waals surface area contributed by atoms with Crippen molar-refractivity contribution >= 4 is 27.8 Å². The number of fused-ring (bicyclic) bond motifs is 14. The van der Waals surface area contributed by atoms with Gasteiger partial charge in [0.2, 0.25) is 0 Å². The summed E-state index contributed by atoms with van der Waals surface area (Å²) in [6, 6.07) is 101. The van der Waals surface area contributed by atoms with Crippen LogP contribution in [0.4, 0.5) is 17.1 Å². The Morgan fingerprint density at radius 3 is 1.30 bits per heavy atom. The number of nitrogens with zero attached hydrogens (tertiary/aromatic N) is 1. The second-order valence-electron chi connectivity index (χ2n) is 22.7. The van der Waals surface area contributed by atoms with E-state index in [4.69, 9.17) is 0 Å². The molecule has 376 valence electrons. The summed E-state index contributed by atoms with van der Waals surface area (Å²) in [5.41, 5.74) is 30.0. The second kappa shape index (κ2) is 18.2. The number of hydrogen-bond donors (Lipinski definition) is 0. The quantitative estimate of drug-likeness (QED) is 0.139. The minimum absolute atomic E-state index is 0.119. The van der Waals surface area contributed by atoms with Gasteiger partial charge in [-0.25, -0.2) is 0 Å². The van der Waals surface area contributed by atoms with E-state index in [2.05, 4.69) is 300 Å². The Morgan fingerprint density at radius 1 is 0.304 bits per heavy atom. The zero-order valence-electron chi connectivity index (χ0n) is 45.1. The Morgan fingerprint density at radius 2 is 0.696 bits per heavy atom. The lowest BCUT2D eigenvalue weighted by atomic mass is 9.70. The van der Waals surface area contributed by atoms with Crippen molar-refractivity contribution in [3.8, 4) is 77.9 Å². The molecule has 1 nitrogen and oxygen atoms in total. The zero-order valence-corrected chi connectivity index (χ0v) is 45.1. The van der Waals surface area contributed by atoms with Crippen LogP contribution < -0.4 is 4.90 Å². The molecule has 0 heterocycles. The standard InChI is InChI=1S/C78H59N/c1-5-50(2)51-27-29-54(30-28-51)56-35-42-69-66-22-12-15-25-72(66)78(75(69)47-56)73-26-16-13-23-67(73)70-43-36-57(48-76(70)78)62-46-45-61(63-19-9-10-20-64(62)63)55-33-39-59(40-34-55)79(58-37-31-53(32-38-58)52-17-7-6-8-18-52)60-41-44-68-65-21-11-14-24-71(65)77(3,4)74(68)49-60/h6-50H,5H2,1-4H3. The highest BCUT2D eigenvalue weighted by molar-refractivity contribution is 6.06. The SMILES string of the molecule is CCC(C)c1ccc(-c2ccc3c(c2)C2(c4ccccc4-3)c3ccccc3-c3ccc(-c4ccc(-c5ccc(N(c6ccc(-c7ccccc7)cc6)c6ccc7c(c6)C(C)(C)c6ccccc6-7)cc5)c5ccccc45)cc32)cc1. The molecule has 0 amide bonds. The molecule has 15 rings (SSSR count). The number of rotatable bonds is 9. The molecule has 0 fully saturated rings. The minimum atomic E-state index is -0.475. The normalized spacial score (nSPS) is 15.2. The summed E-state index contributed by atoms with van der Waals surface area (Å²) in [6.45, 7) is 9.32. The third-order valence-corrected chi connectivity index (χ3v) is 18.2. The number of hydrogen-bond acceptors (Lipinski definition) is 1. The van der Waals surface area contributed by atoms with Crippen LogP contribution >= 0.6 is 0 Å². The number of benzene rings is 12. The van der Waals surface area contributed by atoms with E-state index in [9.17, 15) is 0 Å². The van der Waals surface area contributed by atoms with E-state index in [0.29, 0.717) is 5.92 Å². The first-order valence-corrected chi connectivity index (χ1v) is 28.2. The van der Waals surface area contributed by atoms with Crippen LogP contribution in [0.25, 0.3) is 88.7 Å². The van der Waals surface area contributed by atoms with Crippen molar-refractivity contribution < 1.29 is 0 Å². The summed E-state index contributed by atoms with van der Waals surface area (Å²) in [4.78, 5) is 2.42. The molecule has 0 radical (unpaired) electrons. The first kappa shape index (κ1) is 47.0. The Kier molecular flexibility index (Phi) is 10.8. The highest BCUT2D eigenvalue weighted by Gasteiger charge is 2.52. The van der Waals surface area contributed by atoms with Crippen molar-refractivity contribution in [1.82, 2.24) is 0 Å².